The highest BCUT2D eigenvalue weighted by Crippen LogP contribution is 2.51. The first-order valence-electron chi connectivity index (χ1n) is 8.52. The van der Waals surface area contributed by atoms with Crippen molar-refractivity contribution in [3.05, 3.63) is 51.5 Å². The average molecular weight is 404 g/mol. The van der Waals surface area contributed by atoms with Crippen LogP contribution in [0.2, 0.25) is 0 Å². The van der Waals surface area contributed by atoms with Gasteiger partial charge in [-0.1, -0.05) is 17.7 Å². The maximum absolute atomic E-state index is 6.11. The van der Waals surface area contributed by atoms with Crippen molar-refractivity contribution in [2.45, 2.75) is 25.5 Å². The minimum Gasteiger partial charge on any atom is -0.493 e. The van der Waals surface area contributed by atoms with Crippen molar-refractivity contribution in [2.24, 2.45) is 5.92 Å². The second-order valence-corrected chi connectivity index (χ2v) is 7.55. The molecule has 25 heavy (non-hydrogen) atoms. The summed E-state index contributed by atoms with van der Waals surface area (Å²) in [4.78, 5) is 0. The molecule has 0 amide bonds. The summed E-state index contributed by atoms with van der Waals surface area (Å²) in [6.07, 6.45) is 1.19. The molecule has 1 N–H and O–H groups in total. The maximum atomic E-state index is 6.11. The number of aryl methyl sites for hydroxylation is 1. The lowest BCUT2D eigenvalue weighted by atomic mass is 9.80. The predicted octanol–water partition coefficient (Wildman–Crippen LogP) is 5.02. The van der Waals surface area contributed by atoms with Gasteiger partial charge in [-0.15, -0.1) is 0 Å². The molecule has 2 aromatic carbocycles. The number of fused-ring (bicyclic) bond motifs is 3. The number of halogens is 1. The smallest absolute Gasteiger partial charge is 0.174 e. The van der Waals surface area contributed by atoms with E-state index < -0.39 is 0 Å². The molecule has 2 aromatic rings. The van der Waals surface area contributed by atoms with Gasteiger partial charge in [0.2, 0.25) is 0 Å². The number of anilines is 1. The van der Waals surface area contributed by atoms with Crippen molar-refractivity contribution in [3.8, 4) is 11.5 Å². The van der Waals surface area contributed by atoms with Gasteiger partial charge in [0, 0.05) is 23.8 Å². The SMILES string of the molecule is COc1cc(C2Nc3ccc(C)cc3[C@H]3OCC[C@@H]23)cc(Br)c1OC. The second kappa shape index (κ2) is 6.54. The Balaban J connectivity index is 1.78. The van der Waals surface area contributed by atoms with Gasteiger partial charge in [0.25, 0.3) is 0 Å². The van der Waals surface area contributed by atoms with Gasteiger partial charge >= 0.3 is 0 Å². The van der Waals surface area contributed by atoms with Crippen LogP contribution in [0.15, 0.2) is 34.8 Å². The van der Waals surface area contributed by atoms with Gasteiger partial charge in [-0.2, -0.15) is 0 Å². The van der Waals surface area contributed by atoms with Crippen LogP contribution in [0, 0.1) is 12.8 Å². The fraction of sp³-hybridized carbons (Fsp3) is 0.400. The van der Waals surface area contributed by atoms with E-state index in [-0.39, 0.29) is 12.1 Å². The third-order valence-electron chi connectivity index (χ3n) is 5.21. The van der Waals surface area contributed by atoms with Crippen molar-refractivity contribution in [3.63, 3.8) is 0 Å². The van der Waals surface area contributed by atoms with Gasteiger partial charge in [0.15, 0.2) is 11.5 Å². The van der Waals surface area contributed by atoms with Crippen molar-refractivity contribution in [2.75, 3.05) is 26.1 Å². The Hall–Kier alpha value is -1.72. The highest BCUT2D eigenvalue weighted by atomic mass is 79.9. The summed E-state index contributed by atoms with van der Waals surface area (Å²) in [7, 11) is 3.32. The topological polar surface area (TPSA) is 39.7 Å². The zero-order chi connectivity index (χ0) is 17.6. The molecule has 1 saturated heterocycles. The molecule has 4 nitrogen and oxygen atoms in total. The molecule has 1 unspecified atom stereocenters. The Kier molecular flexibility index (Phi) is 4.38. The molecule has 4 rings (SSSR count). The summed E-state index contributed by atoms with van der Waals surface area (Å²) < 4.78 is 18.0. The van der Waals surface area contributed by atoms with E-state index in [1.807, 2.05) is 0 Å². The summed E-state index contributed by atoms with van der Waals surface area (Å²) in [6.45, 7) is 2.93. The van der Waals surface area contributed by atoms with Gasteiger partial charge < -0.3 is 19.5 Å². The predicted molar refractivity (Wildman–Crippen MR) is 102 cm³/mol. The lowest BCUT2D eigenvalue weighted by Crippen LogP contribution is -2.29. The quantitative estimate of drug-likeness (QED) is 0.780. The number of ether oxygens (including phenoxy) is 3. The fourth-order valence-corrected chi connectivity index (χ4v) is 4.66. The monoisotopic (exact) mass is 403 g/mol. The van der Waals surface area contributed by atoms with Crippen LogP contribution >= 0.6 is 15.9 Å². The van der Waals surface area contributed by atoms with Crippen molar-refractivity contribution < 1.29 is 14.2 Å². The van der Waals surface area contributed by atoms with Gasteiger partial charge in [0.1, 0.15) is 0 Å². The number of methoxy groups -OCH3 is 2. The molecule has 2 aliphatic heterocycles. The highest BCUT2D eigenvalue weighted by molar-refractivity contribution is 9.10. The number of benzene rings is 2. The fourth-order valence-electron chi connectivity index (χ4n) is 4.04. The molecule has 132 valence electrons. The Bertz CT molecular complexity index is 808. The molecule has 1 fully saturated rings. The molecule has 3 atom stereocenters. The van der Waals surface area contributed by atoms with Crippen LogP contribution in [0.1, 0.15) is 35.3 Å². The van der Waals surface area contributed by atoms with Crippen molar-refractivity contribution in [1.29, 1.82) is 0 Å². The molecule has 0 spiro atoms. The molecule has 5 heteroatoms. The normalized spacial score (nSPS) is 24.2. The van der Waals surface area contributed by atoms with E-state index >= 15 is 0 Å². The van der Waals surface area contributed by atoms with Crippen LogP contribution in [-0.4, -0.2) is 20.8 Å². The molecule has 0 aromatic heterocycles. The van der Waals surface area contributed by atoms with Crippen molar-refractivity contribution in [1.82, 2.24) is 0 Å². The van der Waals surface area contributed by atoms with Crippen LogP contribution in [0.3, 0.4) is 0 Å². The Morgan fingerprint density at radius 3 is 2.76 bits per heavy atom. The van der Waals surface area contributed by atoms with Crippen molar-refractivity contribution >= 4 is 21.6 Å². The van der Waals surface area contributed by atoms with Crippen LogP contribution in [-0.2, 0) is 4.74 Å². The lowest BCUT2D eigenvalue weighted by molar-refractivity contribution is 0.0828. The molecule has 0 aliphatic carbocycles. The average Bonchev–Trinajstić information content (AvgIpc) is 3.10. The van der Waals surface area contributed by atoms with Crippen LogP contribution in [0.4, 0.5) is 5.69 Å². The first-order valence-corrected chi connectivity index (χ1v) is 9.31. The van der Waals surface area contributed by atoms with Crippen LogP contribution in [0.5, 0.6) is 11.5 Å². The molecule has 0 bridgehead atoms. The summed E-state index contributed by atoms with van der Waals surface area (Å²) >= 11 is 3.62. The number of hydrogen-bond donors (Lipinski definition) is 1. The Labute approximate surface area is 156 Å². The highest BCUT2D eigenvalue weighted by Gasteiger charge is 2.41. The summed E-state index contributed by atoms with van der Waals surface area (Å²) in [5.74, 6) is 1.86. The number of rotatable bonds is 3. The van der Waals surface area contributed by atoms with Gasteiger partial charge in [-0.05, 0) is 53.0 Å². The van der Waals surface area contributed by atoms with Crippen LogP contribution < -0.4 is 14.8 Å². The second-order valence-electron chi connectivity index (χ2n) is 6.69. The molecule has 0 saturated carbocycles. The third kappa shape index (κ3) is 2.79. The van der Waals surface area contributed by atoms with E-state index in [0.29, 0.717) is 5.92 Å². The van der Waals surface area contributed by atoms with Crippen LogP contribution in [0.25, 0.3) is 0 Å². The Morgan fingerprint density at radius 2 is 2.00 bits per heavy atom. The standard InChI is InChI=1S/C20H22BrNO3/c1-11-4-5-16-14(8-11)19-13(6-7-25-19)18(22-16)12-9-15(21)20(24-3)17(10-12)23-2/h4-5,8-10,13,18-19,22H,6-7H2,1-3H3/t13-,18?,19-/m0/s1. The molecular formula is C20H22BrNO3. The molecule has 2 heterocycles. The largest absolute Gasteiger partial charge is 0.493 e. The number of hydrogen-bond acceptors (Lipinski definition) is 4. The van der Waals surface area contributed by atoms with E-state index in [0.717, 1.165) is 34.7 Å². The van der Waals surface area contributed by atoms with E-state index in [4.69, 9.17) is 14.2 Å². The molecule has 2 aliphatic rings. The van der Waals surface area contributed by atoms with E-state index in [1.54, 1.807) is 14.2 Å². The van der Waals surface area contributed by atoms with Gasteiger partial charge in [-0.3, -0.25) is 0 Å². The zero-order valence-corrected chi connectivity index (χ0v) is 16.2. The first-order chi connectivity index (χ1) is 12.1. The van der Waals surface area contributed by atoms with E-state index in [9.17, 15) is 0 Å². The lowest BCUT2D eigenvalue weighted by Gasteiger charge is -2.37. The maximum Gasteiger partial charge on any atom is 0.174 e. The third-order valence-corrected chi connectivity index (χ3v) is 5.79. The van der Waals surface area contributed by atoms with Gasteiger partial charge in [0.05, 0.1) is 30.8 Å². The first kappa shape index (κ1) is 16.7. The van der Waals surface area contributed by atoms with E-state index in [1.165, 1.54) is 16.7 Å². The molecule has 0 radical (unpaired) electrons. The minimum absolute atomic E-state index is 0.146. The summed E-state index contributed by atoms with van der Waals surface area (Å²) in [5.41, 5.74) is 4.88. The van der Waals surface area contributed by atoms with Gasteiger partial charge in [-0.25, -0.2) is 0 Å². The summed E-state index contributed by atoms with van der Waals surface area (Å²) in [6, 6.07) is 10.9. The Morgan fingerprint density at radius 1 is 1.16 bits per heavy atom. The molecular weight excluding hydrogens is 382 g/mol. The number of nitrogens with one attached hydrogen (secondary N) is 1. The van der Waals surface area contributed by atoms with E-state index in [2.05, 4.69) is 58.5 Å². The minimum atomic E-state index is 0.146. The summed E-state index contributed by atoms with van der Waals surface area (Å²) in [5, 5.41) is 3.73. The zero-order valence-electron chi connectivity index (χ0n) is 14.6.